The minimum atomic E-state index is -1.10. The maximum Gasteiger partial charge on any atom is 0.200 e. The molecule has 0 bridgehead atoms. The zero-order valence-corrected chi connectivity index (χ0v) is 13.8. The summed E-state index contributed by atoms with van der Waals surface area (Å²) >= 11 is 0. The van der Waals surface area contributed by atoms with E-state index in [0.717, 1.165) is 29.9 Å². The normalized spacial score (nSPS) is 15.3. The number of halogens is 1. The van der Waals surface area contributed by atoms with Crippen molar-refractivity contribution in [3.63, 3.8) is 0 Å². The molecule has 0 saturated carbocycles. The van der Waals surface area contributed by atoms with Gasteiger partial charge in [0.2, 0.25) is 5.66 Å². The molecule has 3 aromatic heterocycles. The first-order valence-electron chi connectivity index (χ1n) is 8.23. The second kappa shape index (κ2) is 6.16. The van der Waals surface area contributed by atoms with Crippen molar-refractivity contribution in [2.24, 2.45) is 9.98 Å². The number of fused-ring (bicyclic) bond motifs is 1. The SMILES string of the molecule is CCCc1c(CC2(c3ncccc3F)N=CC=N2)ncc2nccn12. The van der Waals surface area contributed by atoms with Gasteiger partial charge in [-0.05, 0) is 18.6 Å². The summed E-state index contributed by atoms with van der Waals surface area (Å²) < 4.78 is 16.4. The molecule has 4 heterocycles. The average molecular weight is 336 g/mol. The summed E-state index contributed by atoms with van der Waals surface area (Å²) in [5.41, 5.74) is 1.78. The number of nitrogens with zero attached hydrogens (tertiary/aromatic N) is 6. The van der Waals surface area contributed by atoms with Gasteiger partial charge in [-0.3, -0.25) is 20.0 Å². The highest BCUT2D eigenvalue weighted by Gasteiger charge is 2.38. The Bertz CT molecular complexity index is 963. The smallest absolute Gasteiger partial charge is 0.200 e. The van der Waals surface area contributed by atoms with Crippen LogP contribution in [0.3, 0.4) is 0 Å². The van der Waals surface area contributed by atoms with Gasteiger partial charge < -0.3 is 4.40 Å². The molecule has 4 rings (SSSR count). The molecule has 1 aliphatic rings. The van der Waals surface area contributed by atoms with E-state index in [0.29, 0.717) is 6.42 Å². The zero-order valence-electron chi connectivity index (χ0n) is 13.8. The summed E-state index contributed by atoms with van der Waals surface area (Å²) in [7, 11) is 0. The van der Waals surface area contributed by atoms with Gasteiger partial charge >= 0.3 is 0 Å². The third-order valence-electron chi connectivity index (χ3n) is 4.31. The maximum absolute atomic E-state index is 14.4. The third kappa shape index (κ3) is 2.61. The van der Waals surface area contributed by atoms with Gasteiger partial charge in [-0.25, -0.2) is 9.37 Å². The minimum Gasteiger partial charge on any atom is -0.301 e. The van der Waals surface area contributed by atoms with Crippen LogP contribution in [0.25, 0.3) is 5.65 Å². The highest BCUT2D eigenvalue weighted by atomic mass is 19.1. The molecule has 0 fully saturated rings. The summed E-state index contributed by atoms with van der Waals surface area (Å²) in [5.74, 6) is -0.417. The Hall–Kier alpha value is -2.96. The van der Waals surface area contributed by atoms with Crippen molar-refractivity contribution in [2.45, 2.75) is 31.8 Å². The molecule has 0 atom stereocenters. The Kier molecular flexibility index (Phi) is 3.83. The number of aryl methyl sites for hydroxylation is 1. The van der Waals surface area contributed by atoms with E-state index in [4.69, 9.17) is 0 Å². The van der Waals surface area contributed by atoms with Gasteiger partial charge in [0, 0.05) is 43.1 Å². The lowest BCUT2D eigenvalue weighted by Crippen LogP contribution is -2.27. The van der Waals surface area contributed by atoms with Gasteiger partial charge in [0.25, 0.3) is 0 Å². The molecule has 0 spiro atoms. The summed E-state index contributed by atoms with van der Waals surface area (Å²) in [6, 6.07) is 2.94. The van der Waals surface area contributed by atoms with E-state index in [1.807, 2.05) is 10.6 Å². The molecule has 25 heavy (non-hydrogen) atoms. The molecule has 0 saturated heterocycles. The number of rotatable bonds is 5. The van der Waals surface area contributed by atoms with Gasteiger partial charge in [0.1, 0.15) is 11.5 Å². The van der Waals surface area contributed by atoms with Gasteiger partial charge in [-0.1, -0.05) is 13.3 Å². The standard InChI is InChI=1S/C18H17FN6/c1-2-4-15-14(22-12-16-20-9-10-25(15)16)11-18(23-7-8-24-18)17-13(19)5-3-6-21-17/h3,5-10,12H,2,4,11H2,1H3. The topological polar surface area (TPSA) is 67.8 Å². The largest absolute Gasteiger partial charge is 0.301 e. The summed E-state index contributed by atoms with van der Waals surface area (Å²) in [4.78, 5) is 22.0. The van der Waals surface area contributed by atoms with E-state index in [-0.39, 0.29) is 5.69 Å². The van der Waals surface area contributed by atoms with Gasteiger partial charge in [-0.2, -0.15) is 0 Å². The van der Waals surface area contributed by atoms with Crippen LogP contribution in [0.4, 0.5) is 4.39 Å². The first kappa shape index (κ1) is 15.6. The molecule has 3 aromatic rings. The van der Waals surface area contributed by atoms with Gasteiger partial charge in [0.15, 0.2) is 5.65 Å². The number of imidazole rings is 1. The van der Waals surface area contributed by atoms with E-state index in [9.17, 15) is 4.39 Å². The first-order chi connectivity index (χ1) is 12.2. The van der Waals surface area contributed by atoms with E-state index >= 15 is 0 Å². The Morgan fingerprint density at radius 3 is 2.72 bits per heavy atom. The highest BCUT2D eigenvalue weighted by Crippen LogP contribution is 2.34. The van der Waals surface area contributed by atoms with Crippen molar-refractivity contribution in [3.05, 3.63) is 59.8 Å². The van der Waals surface area contributed by atoms with Crippen molar-refractivity contribution in [2.75, 3.05) is 0 Å². The lowest BCUT2D eigenvalue weighted by Gasteiger charge is -2.24. The third-order valence-corrected chi connectivity index (χ3v) is 4.31. The van der Waals surface area contributed by atoms with Gasteiger partial charge in [-0.15, -0.1) is 0 Å². The van der Waals surface area contributed by atoms with Crippen LogP contribution >= 0.6 is 0 Å². The highest BCUT2D eigenvalue weighted by molar-refractivity contribution is 6.17. The summed E-state index contributed by atoms with van der Waals surface area (Å²) in [5, 5.41) is 0. The zero-order chi connectivity index (χ0) is 17.3. The van der Waals surface area contributed by atoms with Crippen molar-refractivity contribution in [1.29, 1.82) is 0 Å². The first-order valence-corrected chi connectivity index (χ1v) is 8.23. The van der Waals surface area contributed by atoms with Crippen molar-refractivity contribution >= 4 is 18.1 Å². The van der Waals surface area contributed by atoms with Crippen LogP contribution < -0.4 is 0 Å². The van der Waals surface area contributed by atoms with E-state index < -0.39 is 11.5 Å². The fourth-order valence-corrected chi connectivity index (χ4v) is 3.19. The molecule has 6 nitrogen and oxygen atoms in total. The predicted octanol–water partition coefficient (Wildman–Crippen LogP) is 2.77. The number of aromatic nitrogens is 4. The quantitative estimate of drug-likeness (QED) is 0.719. The lowest BCUT2D eigenvalue weighted by molar-refractivity contribution is 0.426. The van der Waals surface area contributed by atoms with E-state index in [2.05, 4.69) is 31.9 Å². The van der Waals surface area contributed by atoms with Crippen LogP contribution in [-0.2, 0) is 18.5 Å². The maximum atomic E-state index is 14.4. The summed E-state index contributed by atoms with van der Waals surface area (Å²) in [6.45, 7) is 2.11. The summed E-state index contributed by atoms with van der Waals surface area (Å²) in [6.07, 6.45) is 12.3. The molecule has 126 valence electrons. The number of aliphatic imine (C=N–C) groups is 2. The molecule has 7 heteroatoms. The number of hydrogen-bond acceptors (Lipinski definition) is 5. The Labute approximate surface area is 144 Å². The molecule has 0 unspecified atom stereocenters. The molecule has 0 aromatic carbocycles. The van der Waals surface area contributed by atoms with Crippen LogP contribution in [0.15, 0.2) is 46.9 Å². The fraction of sp³-hybridized carbons (Fsp3) is 0.278. The number of hydrogen-bond donors (Lipinski definition) is 0. The molecule has 0 aliphatic carbocycles. The Balaban J connectivity index is 1.84. The monoisotopic (exact) mass is 336 g/mol. The van der Waals surface area contributed by atoms with E-state index in [1.165, 1.54) is 6.07 Å². The Morgan fingerprint density at radius 2 is 1.96 bits per heavy atom. The molecule has 1 aliphatic heterocycles. The molecule has 0 N–H and O–H groups in total. The average Bonchev–Trinajstić information content (AvgIpc) is 3.27. The van der Waals surface area contributed by atoms with Crippen LogP contribution in [0.1, 0.15) is 30.4 Å². The van der Waals surface area contributed by atoms with Gasteiger partial charge in [0.05, 0.1) is 11.9 Å². The van der Waals surface area contributed by atoms with Crippen LogP contribution in [0.5, 0.6) is 0 Å². The Morgan fingerprint density at radius 1 is 1.12 bits per heavy atom. The molecule has 0 amide bonds. The van der Waals surface area contributed by atoms with Crippen molar-refractivity contribution in [1.82, 2.24) is 19.4 Å². The molecular weight excluding hydrogens is 319 g/mol. The molecular formula is C18H17FN6. The fourth-order valence-electron chi connectivity index (χ4n) is 3.19. The predicted molar refractivity (Wildman–Crippen MR) is 93.5 cm³/mol. The second-order valence-corrected chi connectivity index (χ2v) is 5.94. The lowest BCUT2D eigenvalue weighted by atomic mass is 9.97. The van der Waals surface area contributed by atoms with Crippen LogP contribution in [0, 0.1) is 5.82 Å². The van der Waals surface area contributed by atoms with Crippen molar-refractivity contribution < 1.29 is 4.39 Å². The number of pyridine rings is 1. The second-order valence-electron chi connectivity index (χ2n) is 5.94. The minimum absolute atomic E-state index is 0.218. The van der Waals surface area contributed by atoms with Crippen LogP contribution in [-0.4, -0.2) is 31.8 Å². The molecule has 0 radical (unpaired) electrons. The van der Waals surface area contributed by atoms with E-state index in [1.54, 1.807) is 37.1 Å². The van der Waals surface area contributed by atoms with Crippen molar-refractivity contribution in [3.8, 4) is 0 Å². The van der Waals surface area contributed by atoms with Crippen LogP contribution in [0.2, 0.25) is 0 Å².